The Balaban J connectivity index is 2.90. The van der Waals surface area contributed by atoms with E-state index < -0.39 is 0 Å². The van der Waals surface area contributed by atoms with Crippen LogP contribution < -0.4 is 5.73 Å². The molecule has 0 aliphatic rings. The zero-order valence-electron chi connectivity index (χ0n) is 10.5. The number of hydrogen-bond acceptors (Lipinski definition) is 4. The maximum atomic E-state index is 12.3. The molecular weight excluding hydrogens is 218 g/mol. The van der Waals surface area contributed by atoms with E-state index in [-0.39, 0.29) is 11.9 Å². The normalized spacial score (nSPS) is 12.2. The van der Waals surface area contributed by atoms with Gasteiger partial charge in [0, 0.05) is 31.7 Å². The van der Waals surface area contributed by atoms with Crippen molar-refractivity contribution >= 4 is 11.6 Å². The molecule has 2 N–H and O–H groups in total. The van der Waals surface area contributed by atoms with Crippen LogP contribution in [0.1, 0.15) is 24.2 Å². The Morgan fingerprint density at radius 3 is 2.88 bits per heavy atom. The Morgan fingerprint density at radius 1 is 1.65 bits per heavy atom. The van der Waals surface area contributed by atoms with Crippen molar-refractivity contribution in [3.63, 3.8) is 0 Å². The largest absolute Gasteiger partial charge is 0.398 e. The number of pyridine rings is 1. The number of nitrogens with zero attached hydrogens (tertiary/aromatic N) is 2. The zero-order valence-corrected chi connectivity index (χ0v) is 10.5. The molecule has 0 aliphatic carbocycles. The van der Waals surface area contributed by atoms with E-state index in [1.54, 1.807) is 24.3 Å². The summed E-state index contributed by atoms with van der Waals surface area (Å²) in [5.41, 5.74) is 6.66. The summed E-state index contributed by atoms with van der Waals surface area (Å²) in [5, 5.41) is 0. The fourth-order valence-corrected chi connectivity index (χ4v) is 1.73. The van der Waals surface area contributed by atoms with Crippen LogP contribution in [0.15, 0.2) is 18.5 Å². The van der Waals surface area contributed by atoms with E-state index in [1.807, 2.05) is 13.8 Å². The molecule has 0 radical (unpaired) electrons. The van der Waals surface area contributed by atoms with Crippen LogP contribution in [0.2, 0.25) is 0 Å². The SMILES string of the molecule is CCN(C(=O)c1cnccc1N)C(C)COC. The molecular formula is C12H19N3O2. The third-order valence-corrected chi connectivity index (χ3v) is 2.63. The van der Waals surface area contributed by atoms with Gasteiger partial charge in [-0.2, -0.15) is 0 Å². The predicted molar refractivity (Wildman–Crippen MR) is 66.7 cm³/mol. The van der Waals surface area contributed by atoms with Crippen molar-refractivity contribution in [2.75, 3.05) is 26.0 Å². The summed E-state index contributed by atoms with van der Waals surface area (Å²) in [7, 11) is 1.62. The van der Waals surface area contributed by atoms with Crippen LogP contribution in [0, 0.1) is 0 Å². The number of nitrogens with two attached hydrogens (primary N) is 1. The molecule has 0 saturated heterocycles. The first-order chi connectivity index (χ1) is 8.11. The predicted octanol–water partition coefficient (Wildman–Crippen LogP) is 1.16. The van der Waals surface area contributed by atoms with E-state index in [9.17, 15) is 4.79 Å². The van der Waals surface area contributed by atoms with Gasteiger partial charge in [-0.25, -0.2) is 0 Å². The van der Waals surface area contributed by atoms with Crippen LogP contribution in [0.5, 0.6) is 0 Å². The zero-order chi connectivity index (χ0) is 12.8. The highest BCUT2D eigenvalue weighted by Crippen LogP contribution is 2.14. The molecule has 5 nitrogen and oxygen atoms in total. The van der Waals surface area contributed by atoms with E-state index in [1.165, 1.54) is 6.20 Å². The van der Waals surface area contributed by atoms with E-state index in [2.05, 4.69) is 4.98 Å². The molecule has 5 heteroatoms. The number of hydrogen-bond donors (Lipinski definition) is 1. The number of ether oxygens (including phenoxy) is 1. The lowest BCUT2D eigenvalue weighted by Crippen LogP contribution is -2.41. The van der Waals surface area contributed by atoms with E-state index >= 15 is 0 Å². The first kappa shape index (κ1) is 13.4. The van der Waals surface area contributed by atoms with Gasteiger partial charge in [-0.3, -0.25) is 9.78 Å². The number of carbonyl (C=O) groups excluding carboxylic acids is 1. The highest BCUT2D eigenvalue weighted by atomic mass is 16.5. The van der Waals surface area contributed by atoms with Crippen molar-refractivity contribution < 1.29 is 9.53 Å². The molecule has 1 amide bonds. The van der Waals surface area contributed by atoms with Gasteiger partial charge >= 0.3 is 0 Å². The molecule has 0 bridgehead atoms. The first-order valence-corrected chi connectivity index (χ1v) is 5.61. The lowest BCUT2D eigenvalue weighted by atomic mass is 10.2. The van der Waals surface area contributed by atoms with E-state index in [0.717, 1.165) is 0 Å². The molecule has 1 heterocycles. The van der Waals surface area contributed by atoms with Gasteiger partial charge in [-0.05, 0) is 19.9 Å². The molecule has 1 aromatic heterocycles. The van der Waals surface area contributed by atoms with Gasteiger partial charge in [-0.15, -0.1) is 0 Å². The molecule has 94 valence electrons. The van der Waals surface area contributed by atoms with Crippen molar-refractivity contribution in [2.45, 2.75) is 19.9 Å². The average Bonchev–Trinajstić information content (AvgIpc) is 2.30. The molecule has 0 saturated carbocycles. The minimum absolute atomic E-state index is 0.0112. The van der Waals surface area contributed by atoms with Crippen LogP contribution >= 0.6 is 0 Å². The number of anilines is 1. The molecule has 1 rings (SSSR count). The van der Waals surface area contributed by atoms with Crippen LogP contribution in [0.25, 0.3) is 0 Å². The minimum atomic E-state index is -0.109. The number of amides is 1. The summed E-state index contributed by atoms with van der Waals surface area (Å²) < 4.78 is 5.06. The maximum Gasteiger partial charge on any atom is 0.257 e. The van der Waals surface area contributed by atoms with Crippen molar-refractivity contribution in [1.82, 2.24) is 9.88 Å². The molecule has 0 aliphatic heterocycles. The highest BCUT2D eigenvalue weighted by molar-refractivity contribution is 5.98. The number of likely N-dealkylation sites (N-methyl/N-ethyl adjacent to an activating group) is 1. The van der Waals surface area contributed by atoms with Gasteiger partial charge in [0.1, 0.15) is 0 Å². The smallest absolute Gasteiger partial charge is 0.257 e. The maximum absolute atomic E-state index is 12.3. The van der Waals surface area contributed by atoms with Crippen LogP contribution in [-0.2, 0) is 4.74 Å². The summed E-state index contributed by atoms with van der Waals surface area (Å²) in [6.07, 6.45) is 3.07. The van der Waals surface area contributed by atoms with Gasteiger partial charge in [0.25, 0.3) is 5.91 Å². The Labute approximate surface area is 102 Å². The molecule has 1 aromatic rings. The summed E-state index contributed by atoms with van der Waals surface area (Å²) in [5.74, 6) is -0.109. The minimum Gasteiger partial charge on any atom is -0.398 e. The van der Waals surface area contributed by atoms with Gasteiger partial charge in [0.15, 0.2) is 0 Å². The Kier molecular flexibility index (Phi) is 4.90. The molecule has 1 atom stereocenters. The topological polar surface area (TPSA) is 68.5 Å². The van der Waals surface area contributed by atoms with Crippen molar-refractivity contribution in [2.24, 2.45) is 0 Å². The Bertz CT molecular complexity index is 382. The fourth-order valence-electron chi connectivity index (χ4n) is 1.73. The lowest BCUT2D eigenvalue weighted by molar-refractivity contribution is 0.0580. The van der Waals surface area contributed by atoms with Crippen molar-refractivity contribution in [1.29, 1.82) is 0 Å². The Morgan fingerprint density at radius 2 is 2.35 bits per heavy atom. The van der Waals surface area contributed by atoms with Gasteiger partial charge < -0.3 is 15.4 Å². The highest BCUT2D eigenvalue weighted by Gasteiger charge is 2.21. The first-order valence-electron chi connectivity index (χ1n) is 5.61. The van der Waals surface area contributed by atoms with E-state index in [0.29, 0.717) is 24.4 Å². The number of carbonyl (C=O) groups is 1. The lowest BCUT2D eigenvalue weighted by Gasteiger charge is -2.27. The number of aromatic nitrogens is 1. The van der Waals surface area contributed by atoms with E-state index in [4.69, 9.17) is 10.5 Å². The number of rotatable bonds is 5. The quantitative estimate of drug-likeness (QED) is 0.834. The number of nitrogen functional groups attached to an aromatic ring is 1. The third-order valence-electron chi connectivity index (χ3n) is 2.63. The summed E-state index contributed by atoms with van der Waals surface area (Å²) in [6, 6.07) is 1.64. The van der Waals surface area contributed by atoms with Crippen LogP contribution in [0.4, 0.5) is 5.69 Å². The molecule has 1 unspecified atom stereocenters. The molecule has 0 aromatic carbocycles. The molecule has 0 spiro atoms. The summed E-state index contributed by atoms with van der Waals surface area (Å²) in [6.45, 7) is 4.98. The van der Waals surface area contributed by atoms with Crippen LogP contribution in [-0.4, -0.2) is 42.1 Å². The van der Waals surface area contributed by atoms with Crippen molar-refractivity contribution in [3.05, 3.63) is 24.0 Å². The van der Waals surface area contributed by atoms with Gasteiger partial charge in [0.05, 0.1) is 18.2 Å². The standard InChI is InChI=1S/C12H19N3O2/c1-4-15(9(2)8-17-3)12(16)10-7-14-6-5-11(10)13/h5-7,9H,4,8H2,1-3H3,(H2,13,14). The second-order valence-corrected chi connectivity index (χ2v) is 3.86. The second-order valence-electron chi connectivity index (χ2n) is 3.86. The van der Waals surface area contributed by atoms with Crippen molar-refractivity contribution in [3.8, 4) is 0 Å². The van der Waals surface area contributed by atoms with Gasteiger partial charge in [0.2, 0.25) is 0 Å². The van der Waals surface area contributed by atoms with Crippen LogP contribution in [0.3, 0.4) is 0 Å². The summed E-state index contributed by atoms with van der Waals surface area (Å²) >= 11 is 0. The molecule has 0 fully saturated rings. The van der Waals surface area contributed by atoms with Gasteiger partial charge in [-0.1, -0.05) is 0 Å². The fraction of sp³-hybridized carbons (Fsp3) is 0.500. The third kappa shape index (κ3) is 3.17. The average molecular weight is 237 g/mol. The second kappa shape index (κ2) is 6.20. The molecule has 17 heavy (non-hydrogen) atoms. The monoisotopic (exact) mass is 237 g/mol. The Hall–Kier alpha value is -1.62. The number of methoxy groups -OCH3 is 1. The summed E-state index contributed by atoms with van der Waals surface area (Å²) in [4.78, 5) is 17.9.